The molecule has 0 amide bonds. The van der Waals surface area contributed by atoms with Crippen LogP contribution < -0.4 is 0 Å². The second-order valence-corrected chi connectivity index (χ2v) is 9.47. The minimum absolute atomic E-state index is 0.328. The van der Waals surface area contributed by atoms with Crippen LogP contribution in [-0.4, -0.2) is 46.5 Å². The summed E-state index contributed by atoms with van der Waals surface area (Å²) in [5, 5.41) is 9.38. The zero-order valence-corrected chi connectivity index (χ0v) is 18.4. The lowest BCUT2D eigenvalue weighted by Crippen LogP contribution is -2.51. The van der Waals surface area contributed by atoms with E-state index in [4.69, 9.17) is 0 Å². The maximum Gasteiger partial charge on any atom is 0.101 e. The van der Waals surface area contributed by atoms with Crippen molar-refractivity contribution in [3.63, 3.8) is 0 Å². The van der Waals surface area contributed by atoms with E-state index in [2.05, 4.69) is 65.0 Å². The molecule has 4 rings (SSSR count). The molecule has 2 aliphatic rings. The Kier molecular flexibility index (Phi) is 6.51. The topological polar surface area (TPSA) is 43.2 Å². The molecular formula is C26H34N4. The molecule has 1 aromatic heterocycles. The number of rotatable bonds is 8. The van der Waals surface area contributed by atoms with Crippen LogP contribution >= 0.6 is 0 Å². The summed E-state index contributed by atoms with van der Waals surface area (Å²) in [6.45, 7) is 10.4. The lowest BCUT2D eigenvalue weighted by molar-refractivity contribution is 0.0687. The Morgan fingerprint density at radius 1 is 1.03 bits per heavy atom. The van der Waals surface area contributed by atoms with E-state index in [1.54, 1.807) is 0 Å². The molecular weight excluding hydrogens is 368 g/mol. The van der Waals surface area contributed by atoms with Crippen LogP contribution in [-0.2, 0) is 6.54 Å². The molecule has 0 N–H and O–H groups in total. The highest BCUT2D eigenvalue weighted by molar-refractivity contribution is 5.34. The van der Waals surface area contributed by atoms with Crippen LogP contribution in [0, 0.1) is 17.2 Å². The number of nitrogens with zero attached hydrogens (tertiary/aromatic N) is 4. The van der Waals surface area contributed by atoms with Crippen molar-refractivity contribution in [2.75, 3.05) is 26.2 Å². The molecule has 0 bridgehead atoms. The second kappa shape index (κ2) is 9.29. The van der Waals surface area contributed by atoms with Gasteiger partial charge in [0.25, 0.3) is 0 Å². The Labute approximate surface area is 181 Å². The summed E-state index contributed by atoms with van der Waals surface area (Å²) in [7, 11) is 0. The minimum Gasteiger partial charge on any atom is -0.297 e. The van der Waals surface area contributed by atoms with Crippen molar-refractivity contribution < 1.29 is 0 Å². The molecule has 158 valence electrons. The van der Waals surface area contributed by atoms with Gasteiger partial charge >= 0.3 is 0 Å². The van der Waals surface area contributed by atoms with Crippen molar-refractivity contribution in [3.05, 3.63) is 65.5 Å². The molecule has 4 nitrogen and oxygen atoms in total. The van der Waals surface area contributed by atoms with Crippen molar-refractivity contribution in [1.82, 2.24) is 14.8 Å². The Morgan fingerprint density at radius 3 is 2.43 bits per heavy atom. The van der Waals surface area contributed by atoms with Gasteiger partial charge in [0.15, 0.2) is 0 Å². The number of pyridine rings is 1. The summed E-state index contributed by atoms with van der Waals surface area (Å²) in [6, 6.07) is 16.9. The summed E-state index contributed by atoms with van der Waals surface area (Å²) in [6.07, 6.45) is 6.87. The molecule has 1 saturated carbocycles. The summed E-state index contributed by atoms with van der Waals surface area (Å²) >= 11 is 0. The molecule has 2 atom stereocenters. The van der Waals surface area contributed by atoms with Gasteiger partial charge in [-0.25, -0.2) is 0 Å². The Morgan fingerprint density at radius 2 is 1.77 bits per heavy atom. The number of aromatic nitrogens is 1. The minimum atomic E-state index is 0.328. The van der Waals surface area contributed by atoms with Crippen LogP contribution in [0.15, 0.2) is 48.7 Å². The van der Waals surface area contributed by atoms with Crippen LogP contribution in [0.3, 0.4) is 0 Å². The van der Waals surface area contributed by atoms with Gasteiger partial charge in [-0.2, -0.15) is 5.26 Å². The largest absolute Gasteiger partial charge is 0.297 e. The second-order valence-electron chi connectivity index (χ2n) is 9.47. The van der Waals surface area contributed by atoms with E-state index in [0.29, 0.717) is 17.4 Å². The van der Waals surface area contributed by atoms with E-state index in [9.17, 15) is 5.26 Å². The molecule has 1 unspecified atom stereocenters. The lowest BCUT2D eigenvalue weighted by Gasteiger charge is -2.41. The third-order valence-corrected chi connectivity index (χ3v) is 7.03. The van der Waals surface area contributed by atoms with Gasteiger partial charge in [0.05, 0.1) is 11.3 Å². The molecule has 2 heterocycles. The van der Waals surface area contributed by atoms with Crippen molar-refractivity contribution in [1.29, 1.82) is 5.26 Å². The summed E-state index contributed by atoms with van der Waals surface area (Å²) < 4.78 is 0. The fraction of sp³-hybridized carbons (Fsp3) is 0.538. The van der Waals surface area contributed by atoms with Crippen molar-refractivity contribution in [2.45, 2.75) is 57.5 Å². The summed E-state index contributed by atoms with van der Waals surface area (Å²) in [5.41, 5.74) is 3.54. The maximum absolute atomic E-state index is 9.38. The van der Waals surface area contributed by atoms with Crippen LogP contribution in [0.2, 0.25) is 0 Å². The van der Waals surface area contributed by atoms with Gasteiger partial charge in [-0.15, -0.1) is 0 Å². The van der Waals surface area contributed by atoms with Gasteiger partial charge in [0.2, 0.25) is 0 Å². The van der Waals surface area contributed by atoms with E-state index in [1.807, 2.05) is 18.3 Å². The fourth-order valence-corrected chi connectivity index (χ4v) is 5.37. The van der Waals surface area contributed by atoms with E-state index >= 15 is 0 Å². The first-order chi connectivity index (χ1) is 14.6. The summed E-state index contributed by atoms with van der Waals surface area (Å²) in [4.78, 5) is 9.88. The van der Waals surface area contributed by atoms with Gasteiger partial charge in [0, 0.05) is 44.5 Å². The Hall–Kier alpha value is -2.22. The van der Waals surface area contributed by atoms with Gasteiger partial charge in [-0.1, -0.05) is 44.2 Å². The quantitative estimate of drug-likeness (QED) is 0.635. The number of hydrogen-bond donors (Lipinski definition) is 0. The molecule has 2 aromatic rings. The normalized spacial score (nSPS) is 21.0. The fourth-order valence-electron chi connectivity index (χ4n) is 5.37. The highest BCUT2D eigenvalue weighted by Crippen LogP contribution is 2.48. The number of hydrogen-bond acceptors (Lipinski definition) is 4. The average Bonchev–Trinajstić information content (AvgIpc) is 3.55. The highest BCUT2D eigenvalue weighted by Gasteiger charge is 2.48. The zero-order valence-electron chi connectivity index (χ0n) is 18.4. The van der Waals surface area contributed by atoms with Crippen LogP contribution in [0.1, 0.15) is 62.3 Å². The van der Waals surface area contributed by atoms with Crippen molar-refractivity contribution >= 4 is 0 Å². The Balaban J connectivity index is 1.28. The van der Waals surface area contributed by atoms with Gasteiger partial charge in [0.1, 0.15) is 6.07 Å². The van der Waals surface area contributed by atoms with E-state index in [0.717, 1.165) is 24.2 Å². The third-order valence-electron chi connectivity index (χ3n) is 7.03. The molecule has 0 radical (unpaired) electrons. The average molecular weight is 403 g/mol. The smallest absolute Gasteiger partial charge is 0.101 e. The molecule has 1 aliphatic carbocycles. The predicted molar refractivity (Wildman–Crippen MR) is 121 cm³/mol. The molecule has 0 spiro atoms. The molecule has 1 aromatic carbocycles. The monoisotopic (exact) mass is 402 g/mol. The number of piperazine rings is 1. The molecule has 1 saturated heterocycles. The van der Waals surface area contributed by atoms with Gasteiger partial charge < -0.3 is 0 Å². The van der Waals surface area contributed by atoms with Crippen molar-refractivity contribution in [3.8, 4) is 6.07 Å². The van der Waals surface area contributed by atoms with Gasteiger partial charge in [-0.3, -0.25) is 14.8 Å². The standard InChI is InChI=1S/C26H34N4/c1-21(17-22(2)25-24(19-27)9-6-12-28-25)18-26(10-11-26)30-15-13-29(14-16-30)20-23-7-4-3-5-8-23/h3-9,12,21-22H,10-11,13-18,20H2,1-2H3/t21?,22-/m1/s1. The van der Waals surface area contributed by atoms with E-state index < -0.39 is 0 Å². The SMILES string of the molecule is CC(C[C@@H](C)c1ncccc1C#N)CC1(N2CCN(Cc3ccccc3)CC2)CC1. The zero-order chi connectivity index (χ0) is 21.0. The molecule has 30 heavy (non-hydrogen) atoms. The first kappa shape index (κ1) is 21.0. The number of nitriles is 1. The van der Waals surface area contributed by atoms with Crippen LogP contribution in [0.4, 0.5) is 0 Å². The molecule has 2 fully saturated rings. The number of benzene rings is 1. The molecule has 4 heteroatoms. The van der Waals surface area contributed by atoms with Crippen molar-refractivity contribution in [2.24, 2.45) is 5.92 Å². The Bertz CT molecular complexity index is 860. The maximum atomic E-state index is 9.38. The van der Waals surface area contributed by atoms with E-state index in [-0.39, 0.29) is 0 Å². The van der Waals surface area contributed by atoms with Crippen LogP contribution in [0.5, 0.6) is 0 Å². The summed E-state index contributed by atoms with van der Waals surface area (Å²) in [5.74, 6) is 0.966. The van der Waals surface area contributed by atoms with Crippen LogP contribution in [0.25, 0.3) is 0 Å². The first-order valence-electron chi connectivity index (χ1n) is 11.5. The highest BCUT2D eigenvalue weighted by atomic mass is 15.3. The molecule has 1 aliphatic heterocycles. The first-order valence-corrected chi connectivity index (χ1v) is 11.5. The van der Waals surface area contributed by atoms with E-state index in [1.165, 1.54) is 51.0 Å². The van der Waals surface area contributed by atoms with Gasteiger partial charge in [-0.05, 0) is 55.2 Å². The lowest BCUT2D eigenvalue weighted by atomic mass is 9.87. The third kappa shape index (κ3) is 4.91. The predicted octanol–water partition coefficient (Wildman–Crippen LogP) is 4.82.